The second-order valence-corrected chi connectivity index (χ2v) is 9.35. The minimum absolute atomic E-state index is 0.220. The molecule has 0 N–H and O–H groups in total. The molecule has 1 unspecified atom stereocenters. The highest BCUT2D eigenvalue weighted by atomic mass is 31.1. The van der Waals surface area contributed by atoms with Crippen molar-refractivity contribution >= 4 is 18.5 Å². The molecule has 1 atom stereocenters. The van der Waals surface area contributed by atoms with Crippen LogP contribution in [0, 0.1) is 0 Å². The van der Waals surface area contributed by atoms with Crippen molar-refractivity contribution in [1.29, 1.82) is 0 Å². The van der Waals surface area contributed by atoms with Gasteiger partial charge in [0.25, 0.3) is 0 Å². The predicted molar refractivity (Wildman–Crippen MR) is 122 cm³/mol. The second kappa shape index (κ2) is 13.7. The summed E-state index contributed by atoms with van der Waals surface area (Å²) >= 11 is 0. The zero-order chi connectivity index (χ0) is 19.2. The highest BCUT2D eigenvalue weighted by molar-refractivity contribution is 7.73. The van der Waals surface area contributed by atoms with Crippen LogP contribution in [0.4, 0.5) is 0 Å². The Kier molecular flexibility index (Phi) is 11.1. The van der Waals surface area contributed by atoms with Gasteiger partial charge < -0.3 is 4.74 Å². The summed E-state index contributed by atoms with van der Waals surface area (Å²) in [6, 6.07) is 21.9. The van der Waals surface area contributed by atoms with Gasteiger partial charge in [-0.3, -0.25) is 0 Å². The van der Waals surface area contributed by atoms with E-state index >= 15 is 0 Å². The van der Waals surface area contributed by atoms with Crippen molar-refractivity contribution in [2.45, 2.75) is 58.0 Å². The summed E-state index contributed by atoms with van der Waals surface area (Å²) in [5.41, 5.74) is 0. The largest absolute Gasteiger partial charge is 0.377 e. The average molecular weight is 383 g/mol. The van der Waals surface area contributed by atoms with Crippen LogP contribution < -0.4 is 10.6 Å². The molecule has 0 fully saturated rings. The molecule has 2 rings (SSSR count). The first-order chi connectivity index (χ1) is 13.3. The van der Waals surface area contributed by atoms with E-state index in [2.05, 4.69) is 79.7 Å². The van der Waals surface area contributed by atoms with Crippen LogP contribution in [0.25, 0.3) is 0 Å². The van der Waals surface area contributed by atoms with E-state index in [-0.39, 0.29) is 14.0 Å². The number of methoxy groups -OCH3 is 1. The fourth-order valence-electron chi connectivity index (χ4n) is 3.29. The topological polar surface area (TPSA) is 9.23 Å². The Morgan fingerprint density at radius 2 is 1.44 bits per heavy atom. The molecule has 0 spiro atoms. The minimum atomic E-state index is -0.332. The first-order valence-electron chi connectivity index (χ1n) is 10.4. The summed E-state index contributed by atoms with van der Waals surface area (Å²) in [6.07, 6.45) is 14.9. The van der Waals surface area contributed by atoms with Gasteiger partial charge in [-0.05, 0) is 44.0 Å². The molecule has 0 aliphatic rings. The molecule has 2 aromatic rings. The number of unbranched alkanes of at least 4 members (excludes halogenated alkanes) is 5. The van der Waals surface area contributed by atoms with Gasteiger partial charge in [0.15, 0.2) is 0 Å². The highest BCUT2D eigenvalue weighted by Gasteiger charge is 2.15. The van der Waals surface area contributed by atoms with E-state index in [1.807, 2.05) is 7.11 Å². The summed E-state index contributed by atoms with van der Waals surface area (Å²) in [5.74, 6) is 0. The lowest BCUT2D eigenvalue weighted by atomic mass is 10.1. The average Bonchev–Trinajstić information content (AvgIpc) is 2.73. The van der Waals surface area contributed by atoms with Crippen molar-refractivity contribution in [3.8, 4) is 0 Å². The summed E-state index contributed by atoms with van der Waals surface area (Å²) in [4.78, 5) is 0. The molecule has 0 aliphatic carbocycles. The molecule has 0 aliphatic heterocycles. The van der Waals surface area contributed by atoms with Crippen molar-refractivity contribution < 1.29 is 4.74 Å². The van der Waals surface area contributed by atoms with E-state index < -0.39 is 0 Å². The van der Waals surface area contributed by atoms with Crippen LogP contribution in [0.1, 0.15) is 51.9 Å². The van der Waals surface area contributed by atoms with E-state index in [4.69, 9.17) is 4.74 Å². The molecule has 0 radical (unpaired) electrons. The van der Waals surface area contributed by atoms with Crippen molar-refractivity contribution in [3.05, 3.63) is 72.8 Å². The monoisotopic (exact) mass is 382 g/mol. The van der Waals surface area contributed by atoms with Crippen LogP contribution in [0.15, 0.2) is 72.8 Å². The maximum Gasteiger partial charge on any atom is 0.0755 e. The SMILES string of the molecule is CCCCCCC/C=C/C(CCP(c1ccccc1)c1ccccc1)OC. The first-order valence-corrected chi connectivity index (χ1v) is 11.9. The van der Waals surface area contributed by atoms with Crippen LogP contribution in [-0.2, 0) is 4.74 Å². The first kappa shape index (κ1) is 21.9. The van der Waals surface area contributed by atoms with Crippen LogP contribution in [0.2, 0.25) is 0 Å². The van der Waals surface area contributed by atoms with Crippen LogP contribution in [-0.4, -0.2) is 19.4 Å². The van der Waals surface area contributed by atoms with Gasteiger partial charge in [0.2, 0.25) is 0 Å². The van der Waals surface area contributed by atoms with Crippen molar-refractivity contribution in [2.24, 2.45) is 0 Å². The fraction of sp³-hybridized carbons (Fsp3) is 0.440. The summed E-state index contributed by atoms with van der Waals surface area (Å²) in [6.45, 7) is 2.27. The molecule has 0 saturated heterocycles. The summed E-state index contributed by atoms with van der Waals surface area (Å²) in [7, 11) is 1.51. The fourth-order valence-corrected chi connectivity index (χ4v) is 5.68. The number of benzene rings is 2. The van der Waals surface area contributed by atoms with Gasteiger partial charge in [0.05, 0.1) is 6.10 Å². The maximum absolute atomic E-state index is 5.74. The maximum atomic E-state index is 5.74. The second-order valence-electron chi connectivity index (χ2n) is 7.02. The van der Waals surface area contributed by atoms with Gasteiger partial charge >= 0.3 is 0 Å². The molecule has 27 heavy (non-hydrogen) atoms. The third-order valence-corrected chi connectivity index (χ3v) is 7.45. The molecule has 1 nitrogen and oxygen atoms in total. The lowest BCUT2D eigenvalue weighted by Gasteiger charge is -2.21. The zero-order valence-electron chi connectivity index (χ0n) is 17.0. The number of hydrogen-bond donors (Lipinski definition) is 0. The third-order valence-electron chi connectivity index (χ3n) is 4.90. The Morgan fingerprint density at radius 3 is 2.00 bits per heavy atom. The molecule has 0 saturated carbocycles. The Bertz CT molecular complexity index is 584. The number of ether oxygens (including phenoxy) is 1. The standard InChI is InChI=1S/C25H35OP/c1-3-4-5-6-7-8-11-16-23(26-2)21-22-27(24-17-12-9-13-18-24)25-19-14-10-15-20-25/h9-20,23H,3-8,21-22H2,1-2H3/b16-11+. The van der Waals surface area contributed by atoms with Gasteiger partial charge in [-0.1, -0.05) is 105 Å². The molecule has 0 bridgehead atoms. The lowest BCUT2D eigenvalue weighted by molar-refractivity contribution is 0.138. The summed E-state index contributed by atoms with van der Waals surface area (Å²) < 4.78 is 5.74. The molecule has 0 amide bonds. The van der Waals surface area contributed by atoms with Gasteiger partial charge in [-0.15, -0.1) is 0 Å². The molecule has 146 valence electrons. The van der Waals surface area contributed by atoms with Crippen molar-refractivity contribution in [2.75, 3.05) is 13.3 Å². The third kappa shape index (κ3) is 8.41. The van der Waals surface area contributed by atoms with Crippen LogP contribution in [0.3, 0.4) is 0 Å². The number of allylic oxidation sites excluding steroid dienone is 1. The van der Waals surface area contributed by atoms with E-state index in [0.717, 1.165) is 12.6 Å². The number of rotatable bonds is 13. The zero-order valence-corrected chi connectivity index (χ0v) is 17.9. The Labute approximate surface area is 167 Å². The van der Waals surface area contributed by atoms with Gasteiger partial charge in [-0.2, -0.15) is 0 Å². The smallest absolute Gasteiger partial charge is 0.0755 e. The van der Waals surface area contributed by atoms with E-state index in [1.165, 1.54) is 49.1 Å². The highest BCUT2D eigenvalue weighted by Crippen LogP contribution is 2.34. The van der Waals surface area contributed by atoms with Crippen molar-refractivity contribution in [1.82, 2.24) is 0 Å². The van der Waals surface area contributed by atoms with E-state index in [9.17, 15) is 0 Å². The van der Waals surface area contributed by atoms with E-state index in [0.29, 0.717) is 0 Å². The normalized spacial score (nSPS) is 12.7. The van der Waals surface area contributed by atoms with E-state index in [1.54, 1.807) is 0 Å². The molecule has 0 heterocycles. The summed E-state index contributed by atoms with van der Waals surface area (Å²) in [5, 5.41) is 2.90. The molecule has 2 heteroatoms. The number of hydrogen-bond acceptors (Lipinski definition) is 1. The van der Waals surface area contributed by atoms with Crippen molar-refractivity contribution in [3.63, 3.8) is 0 Å². The Balaban J connectivity index is 1.89. The molecular formula is C25H35OP. The molecule has 0 aromatic heterocycles. The van der Waals surface area contributed by atoms with Gasteiger partial charge in [0, 0.05) is 7.11 Å². The van der Waals surface area contributed by atoms with Crippen LogP contribution in [0.5, 0.6) is 0 Å². The molecule has 2 aromatic carbocycles. The quantitative estimate of drug-likeness (QED) is 0.220. The Hall–Kier alpha value is -1.43. The molecular weight excluding hydrogens is 347 g/mol. The Morgan fingerprint density at radius 1 is 0.852 bits per heavy atom. The lowest BCUT2D eigenvalue weighted by Crippen LogP contribution is -2.17. The van der Waals surface area contributed by atoms with Gasteiger partial charge in [0.1, 0.15) is 0 Å². The minimum Gasteiger partial charge on any atom is -0.377 e. The van der Waals surface area contributed by atoms with Crippen LogP contribution >= 0.6 is 7.92 Å². The predicted octanol–water partition coefficient (Wildman–Crippen LogP) is 6.44. The van der Waals surface area contributed by atoms with Gasteiger partial charge in [-0.25, -0.2) is 0 Å².